The van der Waals surface area contributed by atoms with Crippen LogP contribution in [0.4, 0.5) is 0 Å². The molecule has 3 N–H and O–H groups in total. The fraction of sp³-hybridized carbons (Fsp3) is 0.615. The third kappa shape index (κ3) is 4.08. The lowest BCUT2D eigenvalue weighted by molar-refractivity contribution is -0.143. The maximum atomic E-state index is 11.4. The van der Waals surface area contributed by atoms with E-state index in [1.54, 1.807) is 0 Å². The highest BCUT2D eigenvalue weighted by Crippen LogP contribution is 2.31. The van der Waals surface area contributed by atoms with Gasteiger partial charge in [-0.2, -0.15) is 0 Å². The molecule has 0 radical (unpaired) electrons. The molecule has 0 spiro atoms. The fourth-order valence-electron chi connectivity index (χ4n) is 2.27. The Hall–Kier alpha value is -1.85. The highest BCUT2D eigenvalue weighted by molar-refractivity contribution is 6.41. The van der Waals surface area contributed by atoms with E-state index in [1.807, 2.05) is 0 Å². The lowest BCUT2D eigenvalue weighted by atomic mass is 9.80. The summed E-state index contributed by atoms with van der Waals surface area (Å²) in [5, 5.41) is 8.93. The minimum atomic E-state index is -0.744. The lowest BCUT2D eigenvalue weighted by Gasteiger charge is -2.26. The van der Waals surface area contributed by atoms with Gasteiger partial charge in [-0.25, -0.2) is 4.79 Å². The first-order valence-electron chi connectivity index (χ1n) is 6.24. The molecule has 1 fully saturated rings. The Labute approximate surface area is 112 Å². The summed E-state index contributed by atoms with van der Waals surface area (Å²) in [7, 11) is 2.78. The number of esters is 1. The molecule has 106 valence electrons. The van der Waals surface area contributed by atoms with Crippen molar-refractivity contribution in [2.45, 2.75) is 25.7 Å². The van der Waals surface area contributed by atoms with Crippen LogP contribution in [-0.2, 0) is 14.3 Å². The van der Waals surface area contributed by atoms with Crippen molar-refractivity contribution in [2.75, 3.05) is 14.2 Å². The van der Waals surface area contributed by atoms with Crippen LogP contribution in [0.5, 0.6) is 0 Å². The normalized spacial score (nSPS) is 24.9. The van der Waals surface area contributed by atoms with Crippen molar-refractivity contribution in [3.05, 3.63) is 11.8 Å². The summed E-state index contributed by atoms with van der Waals surface area (Å²) >= 11 is 0. The molecular formula is C13H20N2O4. The summed E-state index contributed by atoms with van der Waals surface area (Å²) in [6, 6.07) is 0. The van der Waals surface area contributed by atoms with Gasteiger partial charge in [0.25, 0.3) is 0 Å². The first-order chi connectivity index (χ1) is 8.99. The van der Waals surface area contributed by atoms with Gasteiger partial charge >= 0.3 is 11.9 Å². The Bertz CT molecular complexity index is 407. The lowest BCUT2D eigenvalue weighted by Crippen LogP contribution is -2.25. The topological polar surface area (TPSA) is 102 Å². The van der Waals surface area contributed by atoms with Gasteiger partial charge in [-0.05, 0) is 37.7 Å². The maximum Gasteiger partial charge on any atom is 0.356 e. The predicted molar refractivity (Wildman–Crippen MR) is 70.7 cm³/mol. The van der Waals surface area contributed by atoms with E-state index in [9.17, 15) is 9.59 Å². The molecule has 0 aromatic heterocycles. The number of methoxy groups -OCH3 is 1. The molecule has 1 aliphatic rings. The number of carbonyl (C=O) groups is 2. The standard InChI is InChI=1S/C13H20N2O4/c1-15-11(13(18)19-2)7-10(14)8-3-5-9(6-4-8)12(16)17/h7-9H,3-6,14H2,1-2H3,(H,16,17). The van der Waals surface area contributed by atoms with E-state index in [1.165, 1.54) is 20.2 Å². The second kappa shape index (κ2) is 6.92. The minimum absolute atomic E-state index is 0.108. The van der Waals surface area contributed by atoms with Crippen molar-refractivity contribution in [2.24, 2.45) is 22.6 Å². The Morgan fingerprint density at radius 3 is 2.21 bits per heavy atom. The van der Waals surface area contributed by atoms with E-state index in [0.29, 0.717) is 18.5 Å². The quantitative estimate of drug-likeness (QED) is 0.584. The second-order valence-corrected chi connectivity index (χ2v) is 4.63. The largest absolute Gasteiger partial charge is 0.481 e. The molecule has 1 rings (SSSR count). The SMILES string of the molecule is CN=C(C=C(N)C1CCC(C(=O)O)CC1)C(=O)OC. The molecule has 0 aromatic carbocycles. The highest BCUT2D eigenvalue weighted by Gasteiger charge is 2.27. The van der Waals surface area contributed by atoms with E-state index >= 15 is 0 Å². The number of nitrogens with zero attached hydrogens (tertiary/aromatic N) is 1. The smallest absolute Gasteiger partial charge is 0.356 e. The van der Waals surface area contributed by atoms with Crippen molar-refractivity contribution in [1.29, 1.82) is 0 Å². The maximum absolute atomic E-state index is 11.4. The van der Waals surface area contributed by atoms with Crippen LogP contribution < -0.4 is 5.73 Å². The van der Waals surface area contributed by atoms with Crippen molar-refractivity contribution in [1.82, 2.24) is 0 Å². The van der Waals surface area contributed by atoms with Crippen LogP contribution in [0.15, 0.2) is 16.8 Å². The summed E-state index contributed by atoms with van der Waals surface area (Å²) in [6.07, 6.45) is 4.20. The first-order valence-corrected chi connectivity index (χ1v) is 6.24. The Balaban J connectivity index is 2.66. The Morgan fingerprint density at radius 1 is 1.26 bits per heavy atom. The molecule has 1 saturated carbocycles. The number of rotatable bonds is 4. The van der Waals surface area contributed by atoms with Crippen LogP contribution in [-0.4, -0.2) is 36.9 Å². The summed E-state index contributed by atoms with van der Waals surface area (Å²) in [5.41, 5.74) is 6.71. The van der Waals surface area contributed by atoms with Crippen molar-refractivity contribution >= 4 is 17.7 Å². The average molecular weight is 268 g/mol. The third-order valence-corrected chi connectivity index (χ3v) is 3.49. The fourth-order valence-corrected chi connectivity index (χ4v) is 2.27. The van der Waals surface area contributed by atoms with Crippen LogP contribution >= 0.6 is 0 Å². The van der Waals surface area contributed by atoms with Gasteiger partial charge in [0.15, 0.2) is 0 Å². The number of nitrogens with two attached hydrogens (primary N) is 1. The van der Waals surface area contributed by atoms with E-state index in [2.05, 4.69) is 9.73 Å². The van der Waals surface area contributed by atoms with Gasteiger partial charge in [-0.3, -0.25) is 9.79 Å². The van der Waals surface area contributed by atoms with Crippen molar-refractivity contribution in [3.63, 3.8) is 0 Å². The molecule has 6 nitrogen and oxygen atoms in total. The van der Waals surface area contributed by atoms with Crippen LogP contribution in [0, 0.1) is 11.8 Å². The Morgan fingerprint density at radius 2 is 1.79 bits per heavy atom. The molecule has 0 bridgehead atoms. The zero-order valence-corrected chi connectivity index (χ0v) is 11.3. The molecule has 6 heteroatoms. The number of hydrogen-bond acceptors (Lipinski definition) is 5. The number of carboxylic acids is 1. The van der Waals surface area contributed by atoms with Crippen molar-refractivity contribution < 1.29 is 19.4 Å². The van der Waals surface area contributed by atoms with Gasteiger partial charge in [0, 0.05) is 12.7 Å². The van der Waals surface area contributed by atoms with Crippen LogP contribution in [0.3, 0.4) is 0 Å². The summed E-state index contributed by atoms with van der Waals surface area (Å²) in [4.78, 5) is 26.1. The molecule has 0 saturated heterocycles. The molecule has 0 unspecified atom stereocenters. The Kier molecular flexibility index (Phi) is 5.54. The molecule has 1 aliphatic carbocycles. The van der Waals surface area contributed by atoms with E-state index in [4.69, 9.17) is 10.8 Å². The highest BCUT2D eigenvalue weighted by atomic mass is 16.5. The number of carbonyl (C=O) groups excluding carboxylic acids is 1. The number of hydrogen-bond donors (Lipinski definition) is 2. The number of carboxylic acid groups (broad SMARTS) is 1. The third-order valence-electron chi connectivity index (χ3n) is 3.49. The van der Waals surface area contributed by atoms with E-state index in [0.717, 1.165) is 12.8 Å². The zero-order chi connectivity index (χ0) is 14.4. The number of aliphatic imine (C=N–C) groups is 1. The molecule has 0 aromatic rings. The van der Waals surface area contributed by atoms with Gasteiger partial charge in [0.1, 0.15) is 5.71 Å². The molecular weight excluding hydrogens is 248 g/mol. The molecule has 0 aliphatic heterocycles. The van der Waals surface area contributed by atoms with Crippen molar-refractivity contribution in [3.8, 4) is 0 Å². The average Bonchev–Trinajstić information content (AvgIpc) is 2.43. The van der Waals surface area contributed by atoms with Gasteiger partial charge in [-0.1, -0.05) is 0 Å². The summed E-state index contributed by atoms with van der Waals surface area (Å²) in [6.45, 7) is 0. The van der Waals surface area contributed by atoms with Gasteiger partial charge in [-0.15, -0.1) is 0 Å². The van der Waals surface area contributed by atoms with Crippen LogP contribution in [0.2, 0.25) is 0 Å². The first kappa shape index (κ1) is 15.2. The number of aliphatic carboxylic acids is 1. The van der Waals surface area contributed by atoms with Crippen LogP contribution in [0.1, 0.15) is 25.7 Å². The van der Waals surface area contributed by atoms with Gasteiger partial charge in [0.05, 0.1) is 13.0 Å². The molecule has 0 atom stereocenters. The number of ether oxygens (including phenoxy) is 1. The summed E-state index contributed by atoms with van der Waals surface area (Å²) in [5.74, 6) is -1.43. The minimum Gasteiger partial charge on any atom is -0.481 e. The van der Waals surface area contributed by atoms with Gasteiger partial charge in [0.2, 0.25) is 0 Å². The van der Waals surface area contributed by atoms with Gasteiger partial charge < -0.3 is 15.6 Å². The monoisotopic (exact) mass is 268 g/mol. The molecule has 0 amide bonds. The number of allylic oxidation sites excluding steroid dienone is 1. The predicted octanol–water partition coefficient (Wildman–Crippen LogP) is 0.964. The summed E-state index contributed by atoms with van der Waals surface area (Å²) < 4.78 is 4.59. The second-order valence-electron chi connectivity index (χ2n) is 4.63. The van der Waals surface area contributed by atoms with E-state index < -0.39 is 11.9 Å². The molecule has 19 heavy (non-hydrogen) atoms. The van der Waals surface area contributed by atoms with Crippen LogP contribution in [0.25, 0.3) is 0 Å². The van der Waals surface area contributed by atoms with E-state index in [-0.39, 0.29) is 17.5 Å². The molecule has 0 heterocycles. The zero-order valence-electron chi connectivity index (χ0n) is 11.3.